The number of aliphatic hydroxyl groups excluding tert-OH is 1. The summed E-state index contributed by atoms with van der Waals surface area (Å²) < 4.78 is 4.90. The molecule has 0 saturated carbocycles. The molecule has 0 aliphatic carbocycles. The molecule has 0 bridgehead atoms. The fourth-order valence-electron chi connectivity index (χ4n) is 1.70. The third-order valence-corrected chi connectivity index (χ3v) is 2.64. The fourth-order valence-corrected chi connectivity index (χ4v) is 1.70. The van der Waals surface area contributed by atoms with Gasteiger partial charge in [0, 0.05) is 6.42 Å². The second-order valence-electron chi connectivity index (χ2n) is 3.82. The summed E-state index contributed by atoms with van der Waals surface area (Å²) >= 11 is 0. The number of hydrogen-bond donors (Lipinski definition) is 1. The minimum Gasteiger partial charge on any atom is -0.465 e. The van der Waals surface area contributed by atoms with E-state index in [9.17, 15) is 9.90 Å². The van der Waals surface area contributed by atoms with Crippen molar-refractivity contribution in [2.24, 2.45) is 5.92 Å². The maximum absolute atomic E-state index is 11.4. The second kappa shape index (κ2) is 4.94. The number of esters is 1. The molecule has 1 heterocycles. The van der Waals surface area contributed by atoms with Gasteiger partial charge in [-0.05, 0) is 5.56 Å². The first-order chi connectivity index (χ1) is 7.77. The van der Waals surface area contributed by atoms with Crippen molar-refractivity contribution in [2.45, 2.75) is 12.5 Å². The number of aliphatic hydroxyl groups is 1. The molecule has 0 spiro atoms. The molecule has 1 saturated heterocycles. The molecule has 2 unspecified atom stereocenters. The Kier molecular flexibility index (Phi) is 3.37. The maximum atomic E-state index is 11.4. The Morgan fingerprint density at radius 3 is 2.75 bits per heavy atom. The number of rotatable bonds is 2. The van der Waals surface area contributed by atoms with Crippen molar-refractivity contribution >= 4 is 12.0 Å². The summed E-state index contributed by atoms with van der Waals surface area (Å²) in [5.41, 5.74) is 1.01. The quantitative estimate of drug-likeness (QED) is 0.767. The number of carbonyl (C=O) groups excluding carboxylic acids is 1. The summed E-state index contributed by atoms with van der Waals surface area (Å²) in [6.45, 7) is 0.315. The van der Waals surface area contributed by atoms with Crippen LogP contribution >= 0.6 is 0 Å². The van der Waals surface area contributed by atoms with E-state index in [0.717, 1.165) is 5.56 Å². The number of ether oxygens (including phenoxy) is 1. The van der Waals surface area contributed by atoms with E-state index in [1.54, 1.807) is 6.08 Å². The summed E-state index contributed by atoms with van der Waals surface area (Å²) in [6, 6.07) is 9.67. The molecular formula is C13H14O3. The van der Waals surface area contributed by atoms with Gasteiger partial charge in [0.05, 0.1) is 12.7 Å². The average Bonchev–Trinajstić information content (AvgIpc) is 2.30. The Morgan fingerprint density at radius 1 is 1.31 bits per heavy atom. The van der Waals surface area contributed by atoms with Gasteiger partial charge in [-0.3, -0.25) is 4.79 Å². The summed E-state index contributed by atoms with van der Waals surface area (Å²) in [5.74, 6) is -0.875. The molecule has 2 rings (SSSR count). The van der Waals surface area contributed by atoms with Crippen LogP contribution in [0.2, 0.25) is 0 Å². The Labute approximate surface area is 94.4 Å². The highest BCUT2D eigenvalue weighted by Crippen LogP contribution is 2.18. The molecule has 2 atom stereocenters. The van der Waals surface area contributed by atoms with E-state index in [4.69, 9.17) is 4.74 Å². The van der Waals surface area contributed by atoms with Crippen LogP contribution in [0.25, 0.3) is 6.08 Å². The molecule has 1 fully saturated rings. The average molecular weight is 218 g/mol. The first-order valence-electron chi connectivity index (χ1n) is 5.35. The molecule has 0 amide bonds. The second-order valence-corrected chi connectivity index (χ2v) is 3.82. The van der Waals surface area contributed by atoms with Crippen molar-refractivity contribution in [1.29, 1.82) is 0 Å². The highest BCUT2D eigenvalue weighted by Gasteiger charge is 2.29. The fraction of sp³-hybridized carbons (Fsp3) is 0.308. The lowest BCUT2D eigenvalue weighted by Crippen LogP contribution is -2.34. The summed E-state index contributed by atoms with van der Waals surface area (Å²) in [6.07, 6.45) is 3.43. The molecule has 3 nitrogen and oxygen atoms in total. The van der Waals surface area contributed by atoms with Gasteiger partial charge in [0.25, 0.3) is 0 Å². The van der Waals surface area contributed by atoms with Gasteiger partial charge >= 0.3 is 5.97 Å². The zero-order chi connectivity index (χ0) is 11.4. The molecule has 16 heavy (non-hydrogen) atoms. The topological polar surface area (TPSA) is 46.5 Å². The van der Waals surface area contributed by atoms with Crippen LogP contribution in [0.15, 0.2) is 36.4 Å². The molecule has 0 aromatic heterocycles. The van der Waals surface area contributed by atoms with E-state index in [1.807, 2.05) is 36.4 Å². The maximum Gasteiger partial charge on any atom is 0.315 e. The summed E-state index contributed by atoms with van der Waals surface area (Å²) in [7, 11) is 0. The van der Waals surface area contributed by atoms with Crippen LogP contribution in [0, 0.1) is 5.92 Å². The van der Waals surface area contributed by atoms with E-state index in [-0.39, 0.29) is 5.97 Å². The first kappa shape index (κ1) is 10.9. The third kappa shape index (κ3) is 2.49. The molecule has 1 aromatic rings. The van der Waals surface area contributed by atoms with Gasteiger partial charge in [0.15, 0.2) is 0 Å². The lowest BCUT2D eigenvalue weighted by Gasteiger charge is -2.23. The van der Waals surface area contributed by atoms with Crippen LogP contribution in [-0.4, -0.2) is 23.8 Å². The Morgan fingerprint density at radius 2 is 2.06 bits per heavy atom. The number of carbonyl (C=O) groups is 1. The van der Waals surface area contributed by atoms with Gasteiger partial charge in [-0.15, -0.1) is 0 Å². The van der Waals surface area contributed by atoms with Crippen LogP contribution < -0.4 is 0 Å². The van der Waals surface area contributed by atoms with Gasteiger partial charge < -0.3 is 9.84 Å². The van der Waals surface area contributed by atoms with Gasteiger partial charge in [0.2, 0.25) is 0 Å². The minimum atomic E-state index is -0.624. The lowest BCUT2D eigenvalue weighted by atomic mass is 9.96. The van der Waals surface area contributed by atoms with E-state index >= 15 is 0 Å². The Balaban J connectivity index is 2.08. The molecule has 84 valence electrons. The minimum absolute atomic E-state index is 0.315. The third-order valence-electron chi connectivity index (χ3n) is 2.64. The standard InChI is InChI=1S/C13H14O3/c14-12-8-9-16-13(15)11(12)7-6-10-4-2-1-3-5-10/h1-7,11-12,14H,8-9H2. The van der Waals surface area contributed by atoms with Crippen LogP contribution in [0.1, 0.15) is 12.0 Å². The van der Waals surface area contributed by atoms with Crippen molar-refractivity contribution in [2.75, 3.05) is 6.61 Å². The zero-order valence-electron chi connectivity index (χ0n) is 8.87. The van der Waals surface area contributed by atoms with Gasteiger partial charge in [-0.25, -0.2) is 0 Å². The largest absolute Gasteiger partial charge is 0.465 e. The van der Waals surface area contributed by atoms with Crippen LogP contribution in [0.3, 0.4) is 0 Å². The molecule has 3 heteroatoms. The Bertz CT molecular complexity index is 383. The van der Waals surface area contributed by atoms with Crippen LogP contribution in [0.5, 0.6) is 0 Å². The van der Waals surface area contributed by atoms with Crippen LogP contribution in [0.4, 0.5) is 0 Å². The van der Waals surface area contributed by atoms with E-state index in [2.05, 4.69) is 0 Å². The van der Waals surface area contributed by atoms with Crippen molar-refractivity contribution < 1.29 is 14.6 Å². The predicted octanol–water partition coefficient (Wildman–Crippen LogP) is 1.62. The molecule has 1 aliphatic heterocycles. The molecular weight excluding hydrogens is 204 g/mol. The van der Waals surface area contributed by atoms with E-state index < -0.39 is 12.0 Å². The summed E-state index contributed by atoms with van der Waals surface area (Å²) in [4.78, 5) is 11.4. The normalized spacial score (nSPS) is 25.7. The van der Waals surface area contributed by atoms with Crippen molar-refractivity contribution in [3.05, 3.63) is 42.0 Å². The van der Waals surface area contributed by atoms with E-state index in [0.29, 0.717) is 13.0 Å². The first-order valence-corrected chi connectivity index (χ1v) is 5.35. The molecule has 1 N–H and O–H groups in total. The van der Waals surface area contributed by atoms with Crippen molar-refractivity contribution in [3.8, 4) is 0 Å². The number of cyclic esters (lactones) is 1. The Hall–Kier alpha value is -1.61. The number of hydrogen-bond acceptors (Lipinski definition) is 3. The predicted molar refractivity (Wildman–Crippen MR) is 60.5 cm³/mol. The highest BCUT2D eigenvalue weighted by atomic mass is 16.5. The highest BCUT2D eigenvalue weighted by molar-refractivity contribution is 5.77. The van der Waals surface area contributed by atoms with Gasteiger partial charge in [-0.1, -0.05) is 42.5 Å². The number of benzene rings is 1. The van der Waals surface area contributed by atoms with Gasteiger partial charge in [-0.2, -0.15) is 0 Å². The molecule has 1 aromatic carbocycles. The van der Waals surface area contributed by atoms with Crippen LogP contribution in [-0.2, 0) is 9.53 Å². The smallest absolute Gasteiger partial charge is 0.315 e. The van der Waals surface area contributed by atoms with Crippen molar-refractivity contribution in [1.82, 2.24) is 0 Å². The SMILES string of the molecule is O=C1OCCC(O)C1C=Cc1ccccc1. The molecule has 1 aliphatic rings. The van der Waals surface area contributed by atoms with E-state index in [1.165, 1.54) is 0 Å². The van der Waals surface area contributed by atoms with Gasteiger partial charge in [0.1, 0.15) is 5.92 Å². The van der Waals surface area contributed by atoms with Crippen molar-refractivity contribution in [3.63, 3.8) is 0 Å². The summed E-state index contributed by atoms with van der Waals surface area (Å²) in [5, 5.41) is 9.67. The molecule has 0 radical (unpaired) electrons. The zero-order valence-corrected chi connectivity index (χ0v) is 8.87. The lowest BCUT2D eigenvalue weighted by molar-refractivity contribution is -0.157. The monoisotopic (exact) mass is 218 g/mol.